The highest BCUT2D eigenvalue weighted by Gasteiger charge is 2.12. The topological polar surface area (TPSA) is 52.7 Å². The summed E-state index contributed by atoms with van der Waals surface area (Å²) in [6.45, 7) is 5.94. The standard InChI is InChI=1S/C20H28N4/c1-5-6-7-8-9-10-15(2)20-23-14-19(24-20)17-12-11-16(21-3)13-18(17)22-4/h5,8-9,11-15,21-22H,1,6-7,10H2,2-4H3,(H,23,24)/b9-8-. The second-order valence-corrected chi connectivity index (χ2v) is 5.92. The first kappa shape index (κ1) is 17.9. The molecular weight excluding hydrogens is 296 g/mol. The van der Waals surface area contributed by atoms with Crippen molar-refractivity contribution in [1.29, 1.82) is 0 Å². The van der Waals surface area contributed by atoms with E-state index in [9.17, 15) is 0 Å². The molecule has 1 heterocycles. The Morgan fingerprint density at radius 1 is 1.21 bits per heavy atom. The molecule has 24 heavy (non-hydrogen) atoms. The second kappa shape index (κ2) is 8.96. The molecule has 0 aliphatic heterocycles. The average Bonchev–Trinajstić information content (AvgIpc) is 3.10. The minimum absolute atomic E-state index is 0.369. The van der Waals surface area contributed by atoms with Gasteiger partial charge in [-0.05, 0) is 37.5 Å². The smallest absolute Gasteiger partial charge is 0.109 e. The fourth-order valence-corrected chi connectivity index (χ4v) is 2.61. The number of aromatic nitrogens is 2. The van der Waals surface area contributed by atoms with E-state index in [2.05, 4.69) is 64.5 Å². The number of nitrogens with zero attached hydrogens (tertiary/aromatic N) is 1. The highest BCUT2D eigenvalue weighted by Crippen LogP contribution is 2.30. The summed E-state index contributed by atoms with van der Waals surface area (Å²) in [6.07, 6.45) is 11.4. The molecule has 0 saturated heterocycles. The van der Waals surface area contributed by atoms with E-state index in [1.807, 2.05) is 26.4 Å². The molecule has 4 nitrogen and oxygen atoms in total. The predicted octanol–water partition coefficient (Wildman–Crippen LogP) is 5.18. The quantitative estimate of drug-likeness (QED) is 0.440. The summed E-state index contributed by atoms with van der Waals surface area (Å²) in [4.78, 5) is 8.05. The summed E-state index contributed by atoms with van der Waals surface area (Å²) in [5.74, 6) is 1.39. The van der Waals surface area contributed by atoms with Crippen LogP contribution in [0.2, 0.25) is 0 Å². The Bertz CT molecular complexity index is 685. The third-order valence-electron chi connectivity index (χ3n) is 4.12. The van der Waals surface area contributed by atoms with Crippen LogP contribution in [0.25, 0.3) is 11.3 Å². The van der Waals surface area contributed by atoms with Crippen LogP contribution in [-0.2, 0) is 0 Å². The van der Waals surface area contributed by atoms with E-state index < -0.39 is 0 Å². The molecule has 0 amide bonds. The number of nitrogens with one attached hydrogen (secondary N) is 3. The van der Waals surface area contributed by atoms with Gasteiger partial charge in [-0.1, -0.05) is 25.2 Å². The summed E-state index contributed by atoms with van der Waals surface area (Å²) in [7, 11) is 3.86. The van der Waals surface area contributed by atoms with Gasteiger partial charge in [-0.2, -0.15) is 0 Å². The zero-order valence-corrected chi connectivity index (χ0v) is 14.9. The number of anilines is 2. The summed E-state index contributed by atoms with van der Waals surface area (Å²) < 4.78 is 0. The summed E-state index contributed by atoms with van der Waals surface area (Å²) in [5, 5.41) is 6.42. The van der Waals surface area contributed by atoms with Crippen LogP contribution in [0.15, 0.2) is 49.2 Å². The van der Waals surface area contributed by atoms with Crippen molar-refractivity contribution in [2.45, 2.75) is 32.1 Å². The lowest BCUT2D eigenvalue weighted by atomic mass is 10.1. The number of allylic oxidation sites excluding steroid dienone is 3. The number of benzene rings is 1. The van der Waals surface area contributed by atoms with Crippen LogP contribution < -0.4 is 10.6 Å². The van der Waals surface area contributed by atoms with Gasteiger partial charge >= 0.3 is 0 Å². The van der Waals surface area contributed by atoms with Gasteiger partial charge < -0.3 is 15.6 Å². The van der Waals surface area contributed by atoms with Crippen LogP contribution in [-0.4, -0.2) is 24.1 Å². The van der Waals surface area contributed by atoms with Gasteiger partial charge in [0, 0.05) is 37.0 Å². The number of hydrogen-bond acceptors (Lipinski definition) is 3. The number of imidazole rings is 1. The van der Waals surface area contributed by atoms with E-state index in [0.29, 0.717) is 5.92 Å². The third kappa shape index (κ3) is 4.51. The molecule has 0 fully saturated rings. The van der Waals surface area contributed by atoms with Gasteiger partial charge in [0.15, 0.2) is 0 Å². The molecular formula is C20H28N4. The lowest BCUT2D eigenvalue weighted by Crippen LogP contribution is -1.96. The molecule has 0 aliphatic carbocycles. The molecule has 0 bridgehead atoms. The predicted molar refractivity (Wildman–Crippen MR) is 105 cm³/mol. The molecule has 0 radical (unpaired) electrons. The number of aromatic amines is 1. The molecule has 2 rings (SSSR count). The molecule has 0 spiro atoms. The summed E-state index contributed by atoms with van der Waals surface area (Å²) >= 11 is 0. The highest BCUT2D eigenvalue weighted by molar-refractivity contribution is 5.78. The fourth-order valence-electron chi connectivity index (χ4n) is 2.61. The molecule has 128 valence electrons. The summed E-state index contributed by atoms with van der Waals surface area (Å²) in [6, 6.07) is 6.28. The normalized spacial score (nSPS) is 12.3. The van der Waals surface area contributed by atoms with E-state index >= 15 is 0 Å². The number of unbranched alkanes of at least 4 members (excludes halogenated alkanes) is 1. The second-order valence-electron chi connectivity index (χ2n) is 5.92. The van der Waals surface area contributed by atoms with Gasteiger partial charge in [0.25, 0.3) is 0 Å². The molecule has 0 saturated carbocycles. The van der Waals surface area contributed by atoms with Crippen molar-refractivity contribution in [3.05, 3.63) is 55.0 Å². The number of rotatable bonds is 9. The van der Waals surface area contributed by atoms with Gasteiger partial charge in [0.2, 0.25) is 0 Å². The maximum atomic E-state index is 4.58. The van der Waals surface area contributed by atoms with Gasteiger partial charge in [-0.3, -0.25) is 0 Å². The average molecular weight is 324 g/mol. The maximum absolute atomic E-state index is 4.58. The monoisotopic (exact) mass is 324 g/mol. The Morgan fingerprint density at radius 2 is 2.04 bits per heavy atom. The molecule has 4 heteroatoms. The van der Waals surface area contributed by atoms with Gasteiger partial charge in [-0.25, -0.2) is 4.98 Å². The minimum atomic E-state index is 0.369. The van der Waals surface area contributed by atoms with E-state index in [1.54, 1.807) is 0 Å². The minimum Gasteiger partial charge on any atom is -0.388 e. The lowest BCUT2D eigenvalue weighted by Gasteiger charge is -2.10. The number of H-pyrrole nitrogens is 1. The Morgan fingerprint density at radius 3 is 2.75 bits per heavy atom. The van der Waals surface area contributed by atoms with E-state index in [1.165, 1.54) is 0 Å². The molecule has 3 N–H and O–H groups in total. The van der Waals surface area contributed by atoms with Crippen molar-refractivity contribution in [1.82, 2.24) is 9.97 Å². The molecule has 1 unspecified atom stereocenters. The van der Waals surface area contributed by atoms with Crippen LogP contribution in [0.1, 0.15) is 37.9 Å². The van der Waals surface area contributed by atoms with Crippen molar-refractivity contribution in [2.75, 3.05) is 24.7 Å². The SMILES string of the molecule is C=CCC/C=C\CC(C)c1ncc(-c2ccc(NC)cc2NC)[nH]1. The molecule has 1 aromatic carbocycles. The van der Waals surface area contributed by atoms with Crippen LogP contribution in [0, 0.1) is 0 Å². The van der Waals surface area contributed by atoms with Crippen LogP contribution >= 0.6 is 0 Å². The first-order chi connectivity index (χ1) is 11.7. The zero-order valence-electron chi connectivity index (χ0n) is 14.9. The Labute approximate surface area is 145 Å². The number of hydrogen-bond donors (Lipinski definition) is 3. The molecule has 1 atom stereocenters. The largest absolute Gasteiger partial charge is 0.388 e. The zero-order chi connectivity index (χ0) is 17.4. The van der Waals surface area contributed by atoms with Gasteiger partial charge in [0.1, 0.15) is 5.82 Å². The van der Waals surface area contributed by atoms with Crippen LogP contribution in [0.5, 0.6) is 0 Å². The maximum Gasteiger partial charge on any atom is 0.109 e. The Kier molecular flexibility index (Phi) is 6.67. The Hall–Kier alpha value is -2.49. The Balaban J connectivity index is 2.10. The van der Waals surface area contributed by atoms with Crippen LogP contribution in [0.4, 0.5) is 11.4 Å². The first-order valence-electron chi connectivity index (χ1n) is 8.50. The van der Waals surface area contributed by atoms with Crippen molar-refractivity contribution < 1.29 is 0 Å². The first-order valence-corrected chi connectivity index (χ1v) is 8.50. The van der Waals surface area contributed by atoms with Crippen LogP contribution in [0.3, 0.4) is 0 Å². The fraction of sp³-hybridized carbons (Fsp3) is 0.350. The third-order valence-corrected chi connectivity index (χ3v) is 4.12. The van der Waals surface area contributed by atoms with Gasteiger partial charge in [0.05, 0.1) is 11.9 Å². The molecule has 0 aliphatic rings. The summed E-state index contributed by atoms with van der Waals surface area (Å²) in [5.41, 5.74) is 4.33. The highest BCUT2D eigenvalue weighted by atomic mass is 14.9. The van der Waals surface area contributed by atoms with Crippen molar-refractivity contribution >= 4 is 11.4 Å². The lowest BCUT2D eigenvalue weighted by molar-refractivity contribution is 0.725. The van der Waals surface area contributed by atoms with E-state index in [0.717, 1.165) is 47.7 Å². The molecule has 1 aromatic heterocycles. The van der Waals surface area contributed by atoms with Crippen molar-refractivity contribution in [3.8, 4) is 11.3 Å². The van der Waals surface area contributed by atoms with Gasteiger partial charge in [-0.15, -0.1) is 6.58 Å². The van der Waals surface area contributed by atoms with E-state index in [4.69, 9.17) is 0 Å². The van der Waals surface area contributed by atoms with Crippen molar-refractivity contribution in [2.24, 2.45) is 0 Å². The van der Waals surface area contributed by atoms with E-state index in [-0.39, 0.29) is 0 Å². The molecule has 2 aromatic rings. The van der Waals surface area contributed by atoms with Crippen molar-refractivity contribution in [3.63, 3.8) is 0 Å².